The van der Waals surface area contributed by atoms with E-state index in [0.717, 1.165) is 73.6 Å². The van der Waals surface area contributed by atoms with Crippen LogP contribution in [0.15, 0.2) is 54.9 Å². The van der Waals surface area contributed by atoms with E-state index < -0.39 is 11.5 Å². The highest BCUT2D eigenvalue weighted by Crippen LogP contribution is 2.35. The van der Waals surface area contributed by atoms with Gasteiger partial charge >= 0.3 is 0 Å². The third kappa shape index (κ3) is 4.90. The predicted octanol–water partition coefficient (Wildman–Crippen LogP) is 3.72. The highest BCUT2D eigenvalue weighted by molar-refractivity contribution is 5.96. The third-order valence-electron chi connectivity index (χ3n) is 7.61. The summed E-state index contributed by atoms with van der Waals surface area (Å²) in [6, 6.07) is 16.0. The topological polar surface area (TPSA) is 102 Å². The monoisotopic (exact) mass is 469 g/mol. The van der Waals surface area contributed by atoms with Crippen LogP contribution in [-0.4, -0.2) is 51.1 Å². The largest absolute Gasteiger partial charge is 0.391 e. The van der Waals surface area contributed by atoms with Crippen molar-refractivity contribution in [3.8, 4) is 6.07 Å². The first-order valence-electron chi connectivity index (χ1n) is 12.5. The molecule has 3 aromatic rings. The molecule has 2 atom stereocenters. The maximum absolute atomic E-state index is 13.1. The number of carbonyl (C=O) groups is 1. The minimum Gasteiger partial charge on any atom is -0.391 e. The molecule has 2 N–H and O–H groups in total. The fourth-order valence-corrected chi connectivity index (χ4v) is 5.46. The Balaban J connectivity index is 1.35. The smallest absolute Gasteiger partial charge is 0.270 e. The number of carbonyl (C=O) groups excluding carboxylic acids is 1. The highest BCUT2D eigenvalue weighted by atomic mass is 16.3. The number of benzene rings is 1. The van der Waals surface area contributed by atoms with Crippen LogP contribution in [0.3, 0.4) is 0 Å². The second-order valence-corrected chi connectivity index (χ2v) is 9.83. The number of nitrogens with zero attached hydrogens (tertiary/aromatic N) is 4. The number of hydrogen-bond acceptors (Lipinski definition) is 6. The van der Waals surface area contributed by atoms with Crippen LogP contribution >= 0.6 is 0 Å². The van der Waals surface area contributed by atoms with Gasteiger partial charge in [-0.3, -0.25) is 14.7 Å². The lowest BCUT2D eigenvalue weighted by atomic mass is 9.74. The summed E-state index contributed by atoms with van der Waals surface area (Å²) in [6.45, 7) is 2.26. The van der Waals surface area contributed by atoms with Crippen molar-refractivity contribution < 1.29 is 9.90 Å². The van der Waals surface area contributed by atoms with Crippen LogP contribution in [-0.2, 0) is 12.0 Å². The van der Waals surface area contributed by atoms with Gasteiger partial charge in [-0.2, -0.15) is 5.26 Å². The van der Waals surface area contributed by atoms with Crippen molar-refractivity contribution in [3.63, 3.8) is 0 Å². The molecule has 2 aromatic heterocycles. The molecule has 180 valence electrons. The quantitative estimate of drug-likeness (QED) is 0.591. The van der Waals surface area contributed by atoms with Crippen LogP contribution in [0.1, 0.15) is 60.1 Å². The van der Waals surface area contributed by atoms with E-state index in [1.165, 1.54) is 0 Å². The molecule has 1 saturated carbocycles. The number of rotatable bonds is 5. The van der Waals surface area contributed by atoms with Crippen LogP contribution in [0.5, 0.6) is 0 Å². The number of nitriles is 1. The molecule has 3 heterocycles. The van der Waals surface area contributed by atoms with Gasteiger partial charge in [0.05, 0.1) is 29.1 Å². The van der Waals surface area contributed by atoms with Gasteiger partial charge in [-0.1, -0.05) is 37.1 Å². The van der Waals surface area contributed by atoms with Gasteiger partial charge in [0.15, 0.2) is 0 Å². The standard InChI is InChI=1S/C28H31N5O2/c29-19-28(21-6-5-13-30-17-21)11-14-33(15-12-28)18-20-16-25(31-23-8-2-1-7-22(20)23)27(35)32-24-9-3-4-10-26(24)34/h1-2,5-8,13,16-17,24,26,34H,3-4,9-12,14-15,18H2,(H,32,35)/t24-,26-/m0/s1. The maximum Gasteiger partial charge on any atom is 0.270 e. The minimum atomic E-state index is -0.503. The second kappa shape index (κ2) is 10.1. The molecular weight excluding hydrogens is 438 g/mol. The number of piperidine rings is 1. The lowest BCUT2D eigenvalue weighted by Crippen LogP contribution is -2.45. The zero-order chi connectivity index (χ0) is 24.3. The summed E-state index contributed by atoms with van der Waals surface area (Å²) in [5, 5.41) is 24.3. The fraction of sp³-hybridized carbons (Fsp3) is 0.429. The van der Waals surface area contributed by atoms with E-state index in [9.17, 15) is 15.2 Å². The first-order chi connectivity index (χ1) is 17.1. The summed E-state index contributed by atoms with van der Waals surface area (Å²) >= 11 is 0. The number of aliphatic hydroxyl groups excluding tert-OH is 1. The molecule has 1 aliphatic heterocycles. The number of pyridine rings is 2. The Bertz CT molecular complexity index is 1230. The van der Waals surface area contributed by atoms with Gasteiger partial charge in [-0.15, -0.1) is 0 Å². The lowest BCUT2D eigenvalue weighted by Gasteiger charge is -2.37. The maximum atomic E-state index is 13.1. The van der Waals surface area contributed by atoms with E-state index >= 15 is 0 Å². The summed E-state index contributed by atoms with van der Waals surface area (Å²) in [5.41, 5.74) is 2.71. The Hall–Kier alpha value is -3.34. The minimum absolute atomic E-state index is 0.221. The molecular formula is C28H31N5O2. The number of amides is 1. The van der Waals surface area contributed by atoms with Crippen LogP contribution in [0.4, 0.5) is 0 Å². The normalized spacial score (nSPS) is 22.4. The summed E-state index contributed by atoms with van der Waals surface area (Å²) in [7, 11) is 0. The number of para-hydroxylation sites is 1. The van der Waals surface area contributed by atoms with Crippen molar-refractivity contribution in [2.45, 2.75) is 62.6 Å². The molecule has 5 rings (SSSR count). The molecule has 1 saturated heterocycles. The molecule has 0 unspecified atom stereocenters. The summed E-state index contributed by atoms with van der Waals surface area (Å²) in [5.74, 6) is -0.235. The molecule has 7 nitrogen and oxygen atoms in total. The molecule has 35 heavy (non-hydrogen) atoms. The second-order valence-electron chi connectivity index (χ2n) is 9.83. The van der Waals surface area contributed by atoms with E-state index in [1.54, 1.807) is 6.20 Å². The molecule has 7 heteroatoms. The number of nitrogens with one attached hydrogen (secondary N) is 1. The molecule has 0 radical (unpaired) electrons. The highest BCUT2D eigenvalue weighted by Gasteiger charge is 2.36. The van der Waals surface area contributed by atoms with Crippen molar-refractivity contribution in [2.24, 2.45) is 0 Å². The average molecular weight is 470 g/mol. The first-order valence-corrected chi connectivity index (χ1v) is 12.5. The van der Waals surface area contributed by atoms with Gasteiger partial charge in [0, 0.05) is 37.4 Å². The zero-order valence-corrected chi connectivity index (χ0v) is 19.9. The Labute approximate surface area is 205 Å². The van der Waals surface area contributed by atoms with Crippen LogP contribution < -0.4 is 5.32 Å². The summed E-state index contributed by atoms with van der Waals surface area (Å²) < 4.78 is 0. The van der Waals surface area contributed by atoms with Crippen LogP contribution in [0, 0.1) is 11.3 Å². The number of hydrogen-bond donors (Lipinski definition) is 2. The van der Waals surface area contributed by atoms with Crippen molar-refractivity contribution in [1.29, 1.82) is 5.26 Å². The Morgan fingerprint density at radius 1 is 1.17 bits per heavy atom. The van der Waals surface area contributed by atoms with Crippen molar-refractivity contribution in [1.82, 2.24) is 20.2 Å². The fourth-order valence-electron chi connectivity index (χ4n) is 5.46. The summed E-state index contributed by atoms with van der Waals surface area (Å²) in [6.07, 6.45) is 8.05. The van der Waals surface area contributed by atoms with Crippen molar-refractivity contribution in [2.75, 3.05) is 13.1 Å². The van der Waals surface area contributed by atoms with Gasteiger partial charge in [-0.25, -0.2) is 4.98 Å². The Morgan fingerprint density at radius 2 is 1.97 bits per heavy atom. The SMILES string of the molecule is N#CC1(c2cccnc2)CCN(Cc2cc(C(=O)N[C@H]3CCCC[C@@H]3O)nc3ccccc23)CC1. The summed E-state index contributed by atoms with van der Waals surface area (Å²) in [4.78, 5) is 24.3. The van der Waals surface area contributed by atoms with E-state index in [1.807, 2.05) is 48.7 Å². The van der Waals surface area contributed by atoms with Crippen molar-refractivity contribution >= 4 is 16.8 Å². The molecule has 0 spiro atoms. The Morgan fingerprint density at radius 3 is 2.71 bits per heavy atom. The van der Waals surface area contributed by atoms with E-state index in [-0.39, 0.29) is 11.9 Å². The molecule has 1 amide bonds. The van der Waals surface area contributed by atoms with Gasteiger partial charge in [-0.05, 0) is 55.0 Å². The number of aliphatic hydroxyl groups is 1. The molecule has 1 aliphatic carbocycles. The number of fused-ring (bicyclic) bond motifs is 1. The lowest BCUT2D eigenvalue weighted by molar-refractivity contribution is 0.0714. The molecule has 2 fully saturated rings. The van der Waals surface area contributed by atoms with Crippen LogP contribution in [0.2, 0.25) is 0 Å². The molecule has 0 bridgehead atoms. The van der Waals surface area contributed by atoms with Gasteiger partial charge in [0.1, 0.15) is 5.69 Å². The molecule has 1 aromatic carbocycles. The molecule has 2 aliphatic rings. The van der Waals surface area contributed by atoms with Crippen molar-refractivity contribution in [3.05, 3.63) is 71.7 Å². The van der Waals surface area contributed by atoms with Gasteiger partial charge in [0.2, 0.25) is 0 Å². The number of likely N-dealkylation sites (tertiary alicyclic amines) is 1. The van der Waals surface area contributed by atoms with E-state index in [0.29, 0.717) is 12.2 Å². The van der Waals surface area contributed by atoms with Crippen LogP contribution in [0.25, 0.3) is 10.9 Å². The van der Waals surface area contributed by atoms with E-state index in [4.69, 9.17) is 0 Å². The van der Waals surface area contributed by atoms with E-state index in [2.05, 4.69) is 26.3 Å². The predicted molar refractivity (Wildman–Crippen MR) is 134 cm³/mol. The third-order valence-corrected chi connectivity index (χ3v) is 7.61. The van der Waals surface area contributed by atoms with Gasteiger partial charge < -0.3 is 10.4 Å². The number of aromatic nitrogens is 2. The zero-order valence-electron chi connectivity index (χ0n) is 19.9. The van der Waals surface area contributed by atoms with Gasteiger partial charge in [0.25, 0.3) is 5.91 Å². The average Bonchev–Trinajstić information content (AvgIpc) is 2.91. The first kappa shape index (κ1) is 23.4. The Kier molecular flexibility index (Phi) is 6.76.